The highest BCUT2D eigenvalue weighted by atomic mass is 16.2. The van der Waals surface area contributed by atoms with Crippen LogP contribution in [-0.4, -0.2) is 53.0 Å². The van der Waals surface area contributed by atoms with Crippen molar-refractivity contribution in [1.82, 2.24) is 25.2 Å². The maximum Gasteiger partial charge on any atom is 0.244 e. The molecular weight excluding hydrogens is 220 g/mol. The number of nitrogens with two attached hydrogens (primary N) is 1. The Morgan fingerprint density at radius 2 is 2.41 bits per heavy atom. The van der Waals surface area contributed by atoms with Crippen LogP contribution >= 0.6 is 0 Å². The number of aromatic nitrogens is 3. The Bertz CT molecular complexity index is 350. The summed E-state index contributed by atoms with van der Waals surface area (Å²) in [4.78, 5) is 13.5. The number of hydrogen-bond acceptors (Lipinski definition) is 5. The predicted molar refractivity (Wildman–Crippen MR) is 64.1 cm³/mol. The molecule has 0 radical (unpaired) electrons. The average molecular weight is 240 g/mol. The molecular formula is C10H20N6O. The summed E-state index contributed by atoms with van der Waals surface area (Å²) in [6.45, 7) is 2.19. The van der Waals surface area contributed by atoms with Crippen LogP contribution in [0.25, 0.3) is 0 Å². The van der Waals surface area contributed by atoms with Gasteiger partial charge < -0.3 is 16.0 Å². The molecule has 7 nitrogen and oxygen atoms in total. The van der Waals surface area contributed by atoms with Gasteiger partial charge in [0.2, 0.25) is 5.91 Å². The van der Waals surface area contributed by atoms with Crippen molar-refractivity contribution in [2.75, 3.05) is 27.2 Å². The summed E-state index contributed by atoms with van der Waals surface area (Å²) in [5.74, 6) is 0.0228. The van der Waals surface area contributed by atoms with E-state index in [2.05, 4.69) is 15.6 Å². The van der Waals surface area contributed by atoms with Crippen molar-refractivity contribution in [3.05, 3.63) is 11.9 Å². The number of hydrogen-bond donors (Lipinski definition) is 2. The van der Waals surface area contributed by atoms with Gasteiger partial charge in [-0.05, 0) is 20.0 Å². The fourth-order valence-electron chi connectivity index (χ4n) is 1.39. The van der Waals surface area contributed by atoms with Crippen LogP contribution in [0.1, 0.15) is 12.1 Å². The molecule has 3 N–H and O–H groups in total. The van der Waals surface area contributed by atoms with Gasteiger partial charge in [0.1, 0.15) is 6.54 Å². The van der Waals surface area contributed by atoms with Crippen molar-refractivity contribution < 1.29 is 4.79 Å². The molecule has 1 aromatic rings. The average Bonchev–Trinajstić information content (AvgIpc) is 2.77. The van der Waals surface area contributed by atoms with Crippen LogP contribution < -0.4 is 11.1 Å². The van der Waals surface area contributed by atoms with E-state index in [9.17, 15) is 4.79 Å². The summed E-state index contributed by atoms with van der Waals surface area (Å²) in [5.41, 5.74) is 6.11. The number of nitrogens with one attached hydrogen (secondary N) is 1. The van der Waals surface area contributed by atoms with Crippen LogP contribution in [0.2, 0.25) is 0 Å². The third kappa shape index (κ3) is 4.49. The second-order valence-corrected chi connectivity index (χ2v) is 3.88. The molecule has 1 amide bonds. The third-order valence-corrected chi connectivity index (χ3v) is 2.44. The Morgan fingerprint density at radius 1 is 1.65 bits per heavy atom. The molecule has 7 heteroatoms. The molecule has 17 heavy (non-hydrogen) atoms. The lowest BCUT2D eigenvalue weighted by Crippen LogP contribution is -2.32. The first-order chi connectivity index (χ1) is 8.17. The summed E-state index contributed by atoms with van der Waals surface area (Å²) in [7, 11) is 3.68. The molecule has 0 saturated carbocycles. The number of carbonyl (C=O) groups is 1. The molecule has 1 heterocycles. The molecule has 0 aliphatic heterocycles. The van der Waals surface area contributed by atoms with E-state index in [1.807, 2.05) is 7.05 Å². The third-order valence-electron chi connectivity index (χ3n) is 2.44. The monoisotopic (exact) mass is 240 g/mol. The summed E-state index contributed by atoms with van der Waals surface area (Å²) < 4.78 is 1.51. The molecule has 0 bridgehead atoms. The van der Waals surface area contributed by atoms with Crippen molar-refractivity contribution in [3.63, 3.8) is 0 Å². The van der Waals surface area contributed by atoms with Gasteiger partial charge in [-0.2, -0.15) is 0 Å². The maximum atomic E-state index is 11.8. The SMILES string of the molecule is CNCCCN(C)C(=O)Cn1cc(CN)nn1. The van der Waals surface area contributed by atoms with E-state index < -0.39 is 0 Å². The molecule has 0 aliphatic carbocycles. The summed E-state index contributed by atoms with van der Waals surface area (Å²) >= 11 is 0. The van der Waals surface area contributed by atoms with Gasteiger partial charge in [-0.25, -0.2) is 4.68 Å². The van der Waals surface area contributed by atoms with E-state index in [1.54, 1.807) is 18.1 Å². The second kappa shape index (κ2) is 6.97. The lowest BCUT2D eigenvalue weighted by atomic mass is 10.4. The van der Waals surface area contributed by atoms with Crippen LogP contribution in [0.4, 0.5) is 0 Å². The van der Waals surface area contributed by atoms with Crippen LogP contribution in [0.3, 0.4) is 0 Å². The highest BCUT2D eigenvalue weighted by Crippen LogP contribution is 1.95. The van der Waals surface area contributed by atoms with E-state index >= 15 is 0 Å². The van der Waals surface area contributed by atoms with Crippen LogP contribution in [0, 0.1) is 0 Å². The number of likely N-dealkylation sites (N-methyl/N-ethyl adjacent to an activating group) is 1. The first kappa shape index (κ1) is 13.6. The van der Waals surface area contributed by atoms with Gasteiger partial charge >= 0.3 is 0 Å². The first-order valence-corrected chi connectivity index (χ1v) is 5.65. The van der Waals surface area contributed by atoms with Crippen molar-refractivity contribution >= 4 is 5.91 Å². The zero-order valence-electron chi connectivity index (χ0n) is 10.4. The largest absolute Gasteiger partial charge is 0.344 e. The Morgan fingerprint density at radius 3 is 3.00 bits per heavy atom. The molecule has 1 aromatic heterocycles. The van der Waals surface area contributed by atoms with Gasteiger partial charge in [-0.1, -0.05) is 5.21 Å². The minimum Gasteiger partial charge on any atom is -0.344 e. The van der Waals surface area contributed by atoms with Gasteiger partial charge in [-0.3, -0.25) is 4.79 Å². The standard InChI is InChI=1S/C10H20N6O/c1-12-4-3-5-15(2)10(17)8-16-7-9(6-11)13-14-16/h7,12H,3-6,8,11H2,1-2H3. The molecule has 0 fully saturated rings. The maximum absolute atomic E-state index is 11.8. The van der Waals surface area contributed by atoms with E-state index in [1.165, 1.54) is 4.68 Å². The van der Waals surface area contributed by atoms with Crippen molar-refractivity contribution in [1.29, 1.82) is 0 Å². The molecule has 0 aliphatic rings. The van der Waals surface area contributed by atoms with Crippen molar-refractivity contribution in [2.45, 2.75) is 19.5 Å². The lowest BCUT2D eigenvalue weighted by Gasteiger charge is -2.16. The molecule has 0 atom stereocenters. The lowest BCUT2D eigenvalue weighted by molar-refractivity contribution is -0.130. The number of amides is 1. The predicted octanol–water partition coefficient (Wildman–Crippen LogP) is -1.20. The normalized spacial score (nSPS) is 10.5. The quantitative estimate of drug-likeness (QED) is 0.585. The van der Waals surface area contributed by atoms with Gasteiger partial charge in [0, 0.05) is 20.1 Å². The molecule has 0 saturated heterocycles. The zero-order chi connectivity index (χ0) is 12.7. The summed E-state index contributed by atoms with van der Waals surface area (Å²) in [6, 6.07) is 0. The van der Waals surface area contributed by atoms with E-state index in [0.29, 0.717) is 12.2 Å². The van der Waals surface area contributed by atoms with Gasteiger partial charge in [0.25, 0.3) is 0 Å². The molecule has 0 aromatic carbocycles. The van der Waals surface area contributed by atoms with Crippen LogP contribution in [-0.2, 0) is 17.9 Å². The molecule has 0 spiro atoms. The Kier molecular flexibility index (Phi) is 5.58. The minimum atomic E-state index is 0.0228. The van der Waals surface area contributed by atoms with Gasteiger partial charge in [0.05, 0.1) is 11.9 Å². The van der Waals surface area contributed by atoms with Crippen molar-refractivity contribution in [2.24, 2.45) is 5.73 Å². The number of nitrogens with zero attached hydrogens (tertiary/aromatic N) is 4. The van der Waals surface area contributed by atoms with Crippen molar-refractivity contribution in [3.8, 4) is 0 Å². The topological polar surface area (TPSA) is 89.1 Å². The molecule has 0 unspecified atom stereocenters. The van der Waals surface area contributed by atoms with Crippen LogP contribution in [0.5, 0.6) is 0 Å². The zero-order valence-corrected chi connectivity index (χ0v) is 10.4. The number of rotatable bonds is 7. The van der Waals surface area contributed by atoms with E-state index in [0.717, 1.165) is 19.5 Å². The molecule has 96 valence electrons. The highest BCUT2D eigenvalue weighted by Gasteiger charge is 2.10. The number of carbonyl (C=O) groups excluding carboxylic acids is 1. The first-order valence-electron chi connectivity index (χ1n) is 5.65. The van der Waals surface area contributed by atoms with Gasteiger partial charge in [-0.15, -0.1) is 5.10 Å². The highest BCUT2D eigenvalue weighted by molar-refractivity contribution is 5.75. The minimum absolute atomic E-state index is 0.0228. The Hall–Kier alpha value is -1.47. The van der Waals surface area contributed by atoms with Crippen LogP contribution in [0.15, 0.2) is 6.20 Å². The fourth-order valence-corrected chi connectivity index (χ4v) is 1.39. The second-order valence-electron chi connectivity index (χ2n) is 3.88. The smallest absolute Gasteiger partial charge is 0.244 e. The van der Waals surface area contributed by atoms with E-state index in [4.69, 9.17) is 5.73 Å². The Balaban J connectivity index is 2.37. The Labute approximate surface area is 101 Å². The van der Waals surface area contributed by atoms with E-state index in [-0.39, 0.29) is 12.5 Å². The summed E-state index contributed by atoms with van der Waals surface area (Å²) in [6.07, 6.45) is 2.63. The molecule has 1 rings (SSSR count). The fraction of sp³-hybridized carbons (Fsp3) is 0.700. The van der Waals surface area contributed by atoms with Gasteiger partial charge in [0.15, 0.2) is 0 Å². The summed E-state index contributed by atoms with van der Waals surface area (Å²) in [5, 5.41) is 10.7.